The number of carbonyl (C=O) groups is 3. The lowest BCUT2D eigenvalue weighted by molar-refractivity contribution is -0.186. The lowest BCUT2D eigenvalue weighted by Crippen LogP contribution is -2.41. The first-order valence-corrected chi connectivity index (χ1v) is 3.71. The highest BCUT2D eigenvalue weighted by atomic mass is 16.5. The molecule has 2 N–H and O–H groups in total. The minimum Gasteiger partial charge on any atom is -0.365 e. The molecule has 0 aliphatic heterocycles. The predicted octanol–water partition coefficient (Wildman–Crippen LogP) is -0.950. The van der Waals surface area contributed by atoms with Gasteiger partial charge < -0.3 is 10.2 Å². The zero-order chi connectivity index (χ0) is 10.8. The molecule has 1 unspecified atom stereocenters. The zero-order valence-corrected chi connectivity index (χ0v) is 7.70. The average molecular weight is 188 g/mol. The van der Waals surface area contributed by atoms with Crippen LogP contribution in [0.25, 0.3) is 0 Å². The molecule has 0 radical (unpaired) electrons. The van der Waals surface area contributed by atoms with Crippen LogP contribution >= 0.6 is 0 Å². The van der Waals surface area contributed by atoms with E-state index in [4.69, 9.17) is 10.2 Å². The summed E-state index contributed by atoms with van der Waals surface area (Å²) in [6, 6.07) is 0. The molecule has 1 atom stereocenters. The molecule has 0 spiro atoms. The summed E-state index contributed by atoms with van der Waals surface area (Å²) < 4.78 is 0. The predicted molar refractivity (Wildman–Crippen MR) is 42.7 cm³/mol. The molecule has 0 saturated heterocycles. The number of hydrogen-bond acceptors (Lipinski definition) is 5. The molecule has 0 aromatic carbocycles. The second-order valence-corrected chi connectivity index (χ2v) is 3.07. The van der Waals surface area contributed by atoms with Gasteiger partial charge in [-0.25, -0.2) is 0 Å². The molecular weight excluding hydrogens is 176 g/mol. The van der Waals surface area contributed by atoms with Crippen LogP contribution in [0, 0.1) is 5.92 Å². The molecular formula is C8H12O5. The number of aliphatic hydroxyl groups is 2. The second-order valence-electron chi connectivity index (χ2n) is 3.07. The zero-order valence-electron chi connectivity index (χ0n) is 7.70. The monoisotopic (exact) mass is 188 g/mol. The van der Waals surface area contributed by atoms with E-state index in [0.29, 0.717) is 0 Å². The Labute approximate surface area is 75.4 Å². The Hall–Kier alpha value is -1.07. The summed E-state index contributed by atoms with van der Waals surface area (Å²) in [7, 11) is 0. The van der Waals surface area contributed by atoms with Gasteiger partial charge in [-0.3, -0.25) is 14.4 Å². The molecule has 0 amide bonds. The third kappa shape index (κ3) is 3.04. The Bertz CT molecular complexity index is 248. The van der Waals surface area contributed by atoms with Gasteiger partial charge in [-0.15, -0.1) is 0 Å². The first kappa shape index (κ1) is 11.9. The molecule has 0 saturated carbocycles. The minimum atomic E-state index is -2.28. The summed E-state index contributed by atoms with van der Waals surface area (Å²) in [5.74, 6) is -6.77. The number of ketones is 3. The van der Waals surface area contributed by atoms with Crippen molar-refractivity contribution >= 4 is 17.3 Å². The third-order valence-corrected chi connectivity index (χ3v) is 1.76. The number of Topliss-reactive ketones (excluding diaryl/α,β-unsaturated/α-hetero) is 3. The van der Waals surface area contributed by atoms with Crippen LogP contribution in [-0.4, -0.2) is 33.3 Å². The molecule has 0 rings (SSSR count). The van der Waals surface area contributed by atoms with Gasteiger partial charge in [0.25, 0.3) is 5.78 Å². The standard InChI is InChI=1S/C8H12O5/c1-4(8(3,12)13)6(10)7(11)5(2)9/h4,12-13H,1-3H3. The summed E-state index contributed by atoms with van der Waals surface area (Å²) in [5, 5.41) is 17.9. The van der Waals surface area contributed by atoms with Gasteiger partial charge in [-0.05, 0) is 13.8 Å². The molecule has 0 aliphatic rings. The van der Waals surface area contributed by atoms with Crippen LogP contribution in [0.5, 0.6) is 0 Å². The molecule has 0 fully saturated rings. The van der Waals surface area contributed by atoms with Crippen molar-refractivity contribution in [2.45, 2.75) is 26.6 Å². The molecule has 5 nitrogen and oxygen atoms in total. The fourth-order valence-corrected chi connectivity index (χ4v) is 0.618. The van der Waals surface area contributed by atoms with E-state index in [9.17, 15) is 14.4 Å². The smallest absolute Gasteiger partial charge is 0.264 e. The van der Waals surface area contributed by atoms with Gasteiger partial charge in [0.05, 0.1) is 5.92 Å². The van der Waals surface area contributed by atoms with Crippen molar-refractivity contribution in [3.63, 3.8) is 0 Å². The summed E-state index contributed by atoms with van der Waals surface area (Å²) in [6.45, 7) is 3.10. The lowest BCUT2D eigenvalue weighted by Gasteiger charge is -2.21. The molecule has 74 valence electrons. The van der Waals surface area contributed by atoms with Crippen LogP contribution < -0.4 is 0 Å². The van der Waals surface area contributed by atoms with Crippen molar-refractivity contribution in [2.75, 3.05) is 0 Å². The van der Waals surface area contributed by atoms with Gasteiger partial charge in [0.15, 0.2) is 5.79 Å². The topological polar surface area (TPSA) is 91.7 Å². The minimum absolute atomic E-state index is 0.902. The van der Waals surface area contributed by atoms with E-state index in [-0.39, 0.29) is 0 Å². The van der Waals surface area contributed by atoms with Gasteiger partial charge in [0, 0.05) is 6.92 Å². The highest BCUT2D eigenvalue weighted by Crippen LogP contribution is 2.14. The first-order valence-electron chi connectivity index (χ1n) is 3.71. The quantitative estimate of drug-likeness (QED) is 0.337. The van der Waals surface area contributed by atoms with Gasteiger partial charge in [0.1, 0.15) is 0 Å². The van der Waals surface area contributed by atoms with Crippen molar-refractivity contribution in [3.8, 4) is 0 Å². The first-order chi connectivity index (χ1) is 5.68. The summed E-state index contributed by atoms with van der Waals surface area (Å²) >= 11 is 0. The molecule has 0 aliphatic carbocycles. The van der Waals surface area contributed by atoms with Crippen LogP contribution in [-0.2, 0) is 14.4 Å². The van der Waals surface area contributed by atoms with Crippen molar-refractivity contribution in [2.24, 2.45) is 5.92 Å². The molecule has 5 heteroatoms. The van der Waals surface area contributed by atoms with Crippen molar-refractivity contribution < 1.29 is 24.6 Å². The Kier molecular flexibility index (Phi) is 3.45. The number of hydrogen-bond donors (Lipinski definition) is 2. The van der Waals surface area contributed by atoms with Crippen molar-refractivity contribution in [1.82, 2.24) is 0 Å². The molecule has 0 heterocycles. The molecule has 0 bridgehead atoms. The van der Waals surface area contributed by atoms with Crippen LogP contribution in [0.15, 0.2) is 0 Å². The van der Waals surface area contributed by atoms with E-state index in [1.165, 1.54) is 6.92 Å². The van der Waals surface area contributed by atoms with E-state index in [1.807, 2.05) is 0 Å². The highest BCUT2D eigenvalue weighted by molar-refractivity contribution is 6.63. The normalized spacial score (nSPS) is 13.6. The second kappa shape index (κ2) is 3.76. The maximum atomic E-state index is 11.0. The summed E-state index contributed by atoms with van der Waals surface area (Å²) in [5.41, 5.74) is 0. The van der Waals surface area contributed by atoms with Crippen LogP contribution in [0.3, 0.4) is 0 Å². The Morgan fingerprint density at radius 2 is 1.62 bits per heavy atom. The van der Waals surface area contributed by atoms with Gasteiger partial charge in [-0.2, -0.15) is 0 Å². The summed E-state index contributed by atoms with van der Waals surface area (Å²) in [6.07, 6.45) is 0. The fourth-order valence-electron chi connectivity index (χ4n) is 0.618. The molecule has 0 aromatic heterocycles. The van der Waals surface area contributed by atoms with Crippen molar-refractivity contribution in [1.29, 1.82) is 0 Å². The molecule has 13 heavy (non-hydrogen) atoms. The Balaban J connectivity index is 4.63. The largest absolute Gasteiger partial charge is 0.365 e. The third-order valence-electron chi connectivity index (χ3n) is 1.76. The maximum absolute atomic E-state index is 11.0. The molecule has 0 aromatic rings. The van der Waals surface area contributed by atoms with Gasteiger partial charge in [-0.1, -0.05) is 0 Å². The average Bonchev–Trinajstić information content (AvgIpc) is 1.98. The van der Waals surface area contributed by atoms with Gasteiger partial charge in [0.2, 0.25) is 11.6 Å². The van der Waals surface area contributed by atoms with Gasteiger partial charge >= 0.3 is 0 Å². The fraction of sp³-hybridized carbons (Fsp3) is 0.625. The highest BCUT2D eigenvalue weighted by Gasteiger charge is 2.36. The van der Waals surface area contributed by atoms with Crippen molar-refractivity contribution in [3.05, 3.63) is 0 Å². The van der Waals surface area contributed by atoms with E-state index in [1.54, 1.807) is 0 Å². The van der Waals surface area contributed by atoms with Crippen LogP contribution in [0.4, 0.5) is 0 Å². The summed E-state index contributed by atoms with van der Waals surface area (Å²) in [4.78, 5) is 32.3. The van der Waals surface area contributed by atoms with Crippen LogP contribution in [0.1, 0.15) is 20.8 Å². The Morgan fingerprint density at radius 3 is 1.85 bits per heavy atom. The van der Waals surface area contributed by atoms with E-state index in [0.717, 1.165) is 13.8 Å². The Morgan fingerprint density at radius 1 is 1.23 bits per heavy atom. The van der Waals surface area contributed by atoms with Crippen LogP contribution in [0.2, 0.25) is 0 Å². The number of carbonyl (C=O) groups excluding carboxylic acids is 3. The van der Waals surface area contributed by atoms with E-state index >= 15 is 0 Å². The SMILES string of the molecule is CC(=O)C(=O)C(=O)C(C)C(C)(O)O. The lowest BCUT2D eigenvalue weighted by atomic mass is 9.94. The van der Waals surface area contributed by atoms with E-state index in [2.05, 4.69) is 0 Å². The number of rotatable bonds is 4. The maximum Gasteiger partial charge on any atom is 0.264 e. The van der Waals surface area contributed by atoms with E-state index < -0.39 is 29.1 Å².